The van der Waals surface area contributed by atoms with Gasteiger partial charge in [-0.1, -0.05) is 34.6 Å². The second-order valence-electron chi connectivity index (χ2n) is 20.3. The Balaban J connectivity index is 0.974. The van der Waals surface area contributed by atoms with Gasteiger partial charge in [0, 0.05) is 18.4 Å². The summed E-state index contributed by atoms with van der Waals surface area (Å²) in [5, 5.41) is 37.6. The highest BCUT2D eigenvalue weighted by Crippen LogP contribution is 2.89. The summed E-state index contributed by atoms with van der Waals surface area (Å²) < 4.78 is 19.8. The van der Waals surface area contributed by atoms with E-state index in [1.54, 1.807) is 13.8 Å². The van der Waals surface area contributed by atoms with Crippen LogP contribution < -0.4 is 5.32 Å². The Morgan fingerprint density at radius 3 is 2.44 bits per heavy atom. The minimum Gasteiger partial charge on any atom is -0.390 e. The number of carbonyl (C=O) groups excluding carboxylic acids is 1. The standard InChI is InChI=1S/C41H68N2O7/c1-24-20-26(34(45)37(4,5)47)49-33-32(24)38(6)14-15-41-23-40(41)13-10-29(36(2,3)27(40)8-9-28(41)39(38,7)35(33)46)50-31-22-43(18-19-48-31)30(44)21-25-11-16-42-17-12-25/h24-29,31-35,42,45-47H,8-23H2,1-7H3/t24-,26?,27+,28?,29?,31+,32+,33?,34?,35+,38?,39-,40?,41?/m1/s1. The van der Waals surface area contributed by atoms with Gasteiger partial charge in [0.25, 0.3) is 0 Å². The largest absolute Gasteiger partial charge is 0.390 e. The summed E-state index contributed by atoms with van der Waals surface area (Å²) in [6, 6.07) is 0. The number of hydrogen-bond donors (Lipinski definition) is 4. The summed E-state index contributed by atoms with van der Waals surface area (Å²) in [5.41, 5.74) is -1.05. The minimum atomic E-state index is -1.26. The maximum Gasteiger partial charge on any atom is 0.223 e. The van der Waals surface area contributed by atoms with Crippen LogP contribution in [0.1, 0.15) is 119 Å². The summed E-state index contributed by atoms with van der Waals surface area (Å²) in [6.07, 6.45) is 8.88. The molecule has 9 nitrogen and oxygen atoms in total. The molecule has 9 heteroatoms. The van der Waals surface area contributed by atoms with E-state index in [1.807, 2.05) is 4.90 Å². The number of nitrogens with one attached hydrogen (secondary N) is 1. The summed E-state index contributed by atoms with van der Waals surface area (Å²) in [5.74, 6) is 2.26. The zero-order chi connectivity index (χ0) is 35.6. The van der Waals surface area contributed by atoms with Crippen molar-refractivity contribution < 1.29 is 34.3 Å². The molecule has 0 aromatic rings. The number of aliphatic hydroxyl groups is 3. The molecule has 8 fully saturated rings. The molecule has 50 heavy (non-hydrogen) atoms. The maximum absolute atomic E-state index is 13.3. The van der Waals surface area contributed by atoms with Gasteiger partial charge in [-0.05, 0) is 142 Å². The van der Waals surface area contributed by atoms with Gasteiger partial charge in [0.1, 0.15) is 6.10 Å². The quantitative estimate of drug-likeness (QED) is 0.309. The Morgan fingerprint density at radius 1 is 1.02 bits per heavy atom. The fourth-order valence-corrected chi connectivity index (χ4v) is 14.8. The molecule has 3 aliphatic heterocycles. The van der Waals surface area contributed by atoms with Crippen molar-refractivity contribution in [2.45, 2.75) is 162 Å². The van der Waals surface area contributed by atoms with Gasteiger partial charge in [0.05, 0.1) is 43.2 Å². The number of nitrogens with zero attached hydrogens (tertiary/aromatic N) is 1. The van der Waals surface area contributed by atoms with Crippen LogP contribution in [0.3, 0.4) is 0 Å². The van der Waals surface area contributed by atoms with E-state index in [0.717, 1.165) is 58.0 Å². The summed E-state index contributed by atoms with van der Waals surface area (Å²) in [6.45, 7) is 19.1. The predicted molar refractivity (Wildman–Crippen MR) is 190 cm³/mol. The lowest BCUT2D eigenvalue weighted by Crippen LogP contribution is -2.60. The molecule has 3 saturated heterocycles. The van der Waals surface area contributed by atoms with Crippen LogP contribution in [0, 0.1) is 56.7 Å². The number of amides is 1. The van der Waals surface area contributed by atoms with Crippen molar-refractivity contribution >= 4 is 5.91 Å². The molecule has 0 aromatic heterocycles. The molecular weight excluding hydrogens is 632 g/mol. The smallest absolute Gasteiger partial charge is 0.223 e. The van der Waals surface area contributed by atoms with Crippen LogP contribution >= 0.6 is 0 Å². The molecule has 2 spiro atoms. The van der Waals surface area contributed by atoms with E-state index >= 15 is 0 Å². The van der Waals surface area contributed by atoms with Gasteiger partial charge in [-0.25, -0.2) is 0 Å². The lowest BCUT2D eigenvalue weighted by Gasteiger charge is -2.64. The van der Waals surface area contributed by atoms with Crippen LogP contribution in [0.4, 0.5) is 0 Å². The van der Waals surface area contributed by atoms with Crippen molar-refractivity contribution in [1.82, 2.24) is 10.2 Å². The van der Waals surface area contributed by atoms with Gasteiger partial charge in [-0.2, -0.15) is 0 Å². The van der Waals surface area contributed by atoms with E-state index in [0.29, 0.717) is 56.2 Å². The van der Waals surface area contributed by atoms with Gasteiger partial charge in [0.2, 0.25) is 5.91 Å². The Bertz CT molecular complexity index is 1310. The van der Waals surface area contributed by atoms with Crippen molar-refractivity contribution in [3.05, 3.63) is 0 Å². The summed E-state index contributed by atoms with van der Waals surface area (Å²) in [4.78, 5) is 15.3. The Labute approximate surface area is 300 Å². The number of morpholine rings is 1. The van der Waals surface area contributed by atoms with Crippen molar-refractivity contribution in [1.29, 1.82) is 0 Å². The van der Waals surface area contributed by atoms with E-state index in [1.165, 1.54) is 12.8 Å². The third-order valence-electron chi connectivity index (χ3n) is 17.5. The Morgan fingerprint density at radius 2 is 1.72 bits per heavy atom. The molecule has 5 saturated carbocycles. The zero-order valence-corrected chi connectivity index (χ0v) is 32.1. The highest BCUT2D eigenvalue weighted by atomic mass is 16.7. The van der Waals surface area contributed by atoms with E-state index in [4.69, 9.17) is 14.2 Å². The second kappa shape index (κ2) is 12.1. The molecule has 3 heterocycles. The molecule has 0 aromatic carbocycles. The fourth-order valence-electron chi connectivity index (χ4n) is 14.8. The lowest BCUT2D eigenvalue weighted by atomic mass is 9.41. The van der Waals surface area contributed by atoms with Crippen molar-refractivity contribution in [2.75, 3.05) is 32.8 Å². The maximum atomic E-state index is 13.3. The minimum absolute atomic E-state index is 0.0144. The molecular formula is C41H68N2O7. The van der Waals surface area contributed by atoms with Gasteiger partial charge in [-0.15, -0.1) is 0 Å². The molecule has 0 radical (unpaired) electrons. The van der Waals surface area contributed by atoms with Gasteiger partial charge < -0.3 is 39.7 Å². The Kier molecular flexibility index (Phi) is 8.75. The number of ether oxygens (including phenoxy) is 3. The number of rotatable bonds is 6. The van der Waals surface area contributed by atoms with E-state index in [2.05, 4.69) is 39.9 Å². The van der Waals surface area contributed by atoms with Crippen LogP contribution in [-0.2, 0) is 19.0 Å². The van der Waals surface area contributed by atoms with E-state index in [-0.39, 0.29) is 57.4 Å². The van der Waals surface area contributed by atoms with Gasteiger partial charge in [0.15, 0.2) is 6.29 Å². The monoisotopic (exact) mass is 701 g/mol. The average Bonchev–Trinajstić information content (AvgIpc) is 3.70. The average molecular weight is 701 g/mol. The van der Waals surface area contributed by atoms with Crippen molar-refractivity contribution in [3.63, 3.8) is 0 Å². The molecule has 5 aliphatic carbocycles. The fraction of sp³-hybridized carbons (Fsp3) is 0.976. The molecule has 4 N–H and O–H groups in total. The molecule has 14 atom stereocenters. The first kappa shape index (κ1) is 36.2. The van der Waals surface area contributed by atoms with Crippen LogP contribution in [0.25, 0.3) is 0 Å². The van der Waals surface area contributed by atoms with Crippen molar-refractivity contribution in [2.24, 2.45) is 56.7 Å². The van der Waals surface area contributed by atoms with Gasteiger partial charge in [-0.3, -0.25) is 4.79 Å². The molecule has 8 rings (SSSR count). The molecule has 8 aliphatic rings. The third-order valence-corrected chi connectivity index (χ3v) is 17.5. The summed E-state index contributed by atoms with van der Waals surface area (Å²) >= 11 is 0. The van der Waals surface area contributed by atoms with E-state index < -0.39 is 23.9 Å². The number of hydrogen-bond acceptors (Lipinski definition) is 8. The molecule has 284 valence electrons. The van der Waals surface area contributed by atoms with Gasteiger partial charge >= 0.3 is 0 Å². The predicted octanol–water partition coefficient (Wildman–Crippen LogP) is 4.89. The number of carbonyl (C=O) groups is 1. The molecule has 0 bridgehead atoms. The normalized spacial score (nSPS) is 50.7. The highest BCUT2D eigenvalue weighted by molar-refractivity contribution is 5.76. The SMILES string of the molecule is C[C@@H]1CC(C(O)C(C)(C)O)OC2[C@H]1C1(C)CCC34CC35CCC(O[C@H]3CN(C(=O)CC6CCNCC6)CCO3)C(C)(C)[C@@H]5CCC4[C@]1(C)[C@H]2O. The van der Waals surface area contributed by atoms with Crippen LogP contribution in [0.15, 0.2) is 0 Å². The van der Waals surface area contributed by atoms with E-state index in [9.17, 15) is 20.1 Å². The molecule has 8 unspecified atom stereocenters. The number of piperidine rings is 1. The molecule has 1 amide bonds. The van der Waals surface area contributed by atoms with Crippen LogP contribution in [-0.4, -0.2) is 101 Å². The third kappa shape index (κ3) is 5.05. The lowest BCUT2D eigenvalue weighted by molar-refractivity contribution is -0.248. The zero-order valence-electron chi connectivity index (χ0n) is 32.1. The summed E-state index contributed by atoms with van der Waals surface area (Å²) in [7, 11) is 0. The second-order valence-corrected chi connectivity index (χ2v) is 20.3. The first-order valence-electron chi connectivity index (χ1n) is 20.5. The highest BCUT2D eigenvalue weighted by Gasteiger charge is 2.84. The Hall–Kier alpha value is -0.810. The number of aliphatic hydroxyl groups excluding tert-OH is 2. The number of fused-ring (bicyclic) bond motifs is 4. The first-order chi connectivity index (χ1) is 23.5. The first-order valence-corrected chi connectivity index (χ1v) is 20.5. The van der Waals surface area contributed by atoms with Crippen LogP contribution in [0.5, 0.6) is 0 Å². The van der Waals surface area contributed by atoms with Crippen LogP contribution in [0.2, 0.25) is 0 Å². The topological polar surface area (TPSA) is 121 Å². The van der Waals surface area contributed by atoms with Crippen molar-refractivity contribution in [3.8, 4) is 0 Å².